The van der Waals surface area contributed by atoms with E-state index in [2.05, 4.69) is 4.72 Å². The van der Waals surface area contributed by atoms with E-state index in [0.717, 1.165) is 25.7 Å². The third kappa shape index (κ3) is 2.48. The van der Waals surface area contributed by atoms with Crippen LogP contribution in [0.1, 0.15) is 32.6 Å². The van der Waals surface area contributed by atoms with E-state index in [4.69, 9.17) is 17.3 Å². The lowest BCUT2D eigenvalue weighted by molar-refractivity contribution is 0.214. The quantitative estimate of drug-likeness (QED) is 0.836. The fourth-order valence-corrected chi connectivity index (χ4v) is 3.85. The van der Waals surface area contributed by atoms with Gasteiger partial charge in [-0.2, -0.15) is 0 Å². The van der Waals surface area contributed by atoms with Crippen LogP contribution in [0.2, 0.25) is 5.02 Å². The molecule has 0 unspecified atom stereocenters. The third-order valence-electron chi connectivity index (χ3n) is 3.62. The van der Waals surface area contributed by atoms with Crippen LogP contribution in [0.5, 0.6) is 0 Å². The monoisotopic (exact) mass is 288 g/mol. The van der Waals surface area contributed by atoms with E-state index in [1.807, 2.05) is 6.92 Å². The van der Waals surface area contributed by atoms with Crippen LogP contribution in [0.3, 0.4) is 0 Å². The Bertz CT molecular complexity index is 548. The Labute approximate surface area is 113 Å². The Balaban J connectivity index is 2.28. The number of rotatable bonds is 4. The van der Waals surface area contributed by atoms with Gasteiger partial charge in [0.15, 0.2) is 0 Å². The van der Waals surface area contributed by atoms with Gasteiger partial charge in [-0.15, -0.1) is 0 Å². The van der Waals surface area contributed by atoms with E-state index in [1.54, 1.807) is 0 Å². The minimum atomic E-state index is -3.52. The summed E-state index contributed by atoms with van der Waals surface area (Å²) in [7, 11) is -3.52. The lowest BCUT2D eigenvalue weighted by Crippen LogP contribution is -2.52. The topological polar surface area (TPSA) is 72.2 Å². The molecule has 0 aliphatic heterocycles. The molecule has 0 aromatic heterocycles. The van der Waals surface area contributed by atoms with Gasteiger partial charge in [-0.3, -0.25) is 0 Å². The van der Waals surface area contributed by atoms with Crippen molar-refractivity contribution in [2.24, 2.45) is 0 Å². The van der Waals surface area contributed by atoms with E-state index in [1.165, 1.54) is 18.2 Å². The molecule has 0 amide bonds. The molecule has 1 aliphatic carbocycles. The van der Waals surface area contributed by atoms with Gasteiger partial charge in [0.2, 0.25) is 10.0 Å². The zero-order valence-corrected chi connectivity index (χ0v) is 11.8. The van der Waals surface area contributed by atoms with Crippen LogP contribution < -0.4 is 10.5 Å². The molecule has 100 valence electrons. The van der Waals surface area contributed by atoms with Gasteiger partial charge >= 0.3 is 0 Å². The number of anilines is 1. The molecule has 1 saturated carbocycles. The van der Waals surface area contributed by atoms with Crippen molar-refractivity contribution in [2.75, 3.05) is 5.73 Å². The average molecular weight is 289 g/mol. The van der Waals surface area contributed by atoms with Crippen LogP contribution in [0.15, 0.2) is 23.1 Å². The molecule has 0 saturated heterocycles. The second kappa shape index (κ2) is 4.72. The molecule has 0 atom stereocenters. The van der Waals surface area contributed by atoms with Crippen molar-refractivity contribution in [1.29, 1.82) is 0 Å². The Morgan fingerprint density at radius 2 is 2.11 bits per heavy atom. The Morgan fingerprint density at radius 3 is 2.56 bits per heavy atom. The van der Waals surface area contributed by atoms with Crippen molar-refractivity contribution in [3.8, 4) is 0 Å². The zero-order valence-electron chi connectivity index (χ0n) is 10.2. The smallest absolute Gasteiger partial charge is 0.241 e. The summed E-state index contributed by atoms with van der Waals surface area (Å²) in [5.74, 6) is 0. The normalized spacial score (nSPS) is 18.3. The summed E-state index contributed by atoms with van der Waals surface area (Å²) in [6.07, 6.45) is 3.66. The molecule has 0 radical (unpaired) electrons. The van der Waals surface area contributed by atoms with Crippen molar-refractivity contribution in [1.82, 2.24) is 4.72 Å². The van der Waals surface area contributed by atoms with Gasteiger partial charge in [0.05, 0.1) is 15.6 Å². The minimum absolute atomic E-state index is 0.170. The summed E-state index contributed by atoms with van der Waals surface area (Å²) in [5.41, 5.74) is 5.64. The first-order chi connectivity index (χ1) is 8.38. The van der Waals surface area contributed by atoms with Gasteiger partial charge < -0.3 is 5.73 Å². The van der Waals surface area contributed by atoms with Gasteiger partial charge in [0, 0.05) is 5.54 Å². The van der Waals surface area contributed by atoms with Gasteiger partial charge in [-0.25, -0.2) is 13.1 Å². The first-order valence-corrected chi connectivity index (χ1v) is 7.84. The summed E-state index contributed by atoms with van der Waals surface area (Å²) in [6, 6.07) is 4.38. The lowest BCUT2D eigenvalue weighted by atomic mass is 9.76. The molecular weight excluding hydrogens is 272 g/mol. The molecule has 1 aromatic rings. The molecular formula is C12H17ClN2O2S. The summed E-state index contributed by atoms with van der Waals surface area (Å²) in [6.45, 7) is 2.00. The maximum Gasteiger partial charge on any atom is 0.241 e. The van der Waals surface area contributed by atoms with E-state index in [-0.39, 0.29) is 16.1 Å². The van der Waals surface area contributed by atoms with Crippen molar-refractivity contribution in [3.63, 3.8) is 0 Å². The number of nitrogens with one attached hydrogen (secondary N) is 1. The number of halogens is 1. The summed E-state index contributed by atoms with van der Waals surface area (Å²) < 4.78 is 27.3. The second-order valence-electron chi connectivity index (χ2n) is 4.78. The molecule has 18 heavy (non-hydrogen) atoms. The van der Waals surface area contributed by atoms with Crippen LogP contribution in [-0.4, -0.2) is 14.0 Å². The van der Waals surface area contributed by atoms with Crippen molar-refractivity contribution >= 4 is 27.3 Å². The molecule has 3 N–H and O–H groups in total. The highest BCUT2D eigenvalue weighted by atomic mass is 35.5. The first kappa shape index (κ1) is 13.6. The Kier molecular flexibility index (Phi) is 3.58. The van der Waals surface area contributed by atoms with Crippen LogP contribution in [0.4, 0.5) is 5.69 Å². The van der Waals surface area contributed by atoms with Gasteiger partial charge in [-0.1, -0.05) is 18.5 Å². The van der Waals surface area contributed by atoms with Crippen molar-refractivity contribution < 1.29 is 8.42 Å². The predicted octanol–water partition coefficient (Wildman–Crippen LogP) is 2.53. The number of nitrogen functional groups attached to an aromatic ring is 1. The van der Waals surface area contributed by atoms with E-state index in [9.17, 15) is 8.42 Å². The SMILES string of the molecule is CCC1(NS(=O)(=O)c2ccc(Cl)c(N)c2)CCC1. The molecule has 4 nitrogen and oxygen atoms in total. The fourth-order valence-electron chi connectivity index (χ4n) is 2.16. The Morgan fingerprint density at radius 1 is 1.44 bits per heavy atom. The summed E-state index contributed by atoms with van der Waals surface area (Å²) in [4.78, 5) is 0.170. The molecule has 0 heterocycles. The lowest BCUT2D eigenvalue weighted by Gasteiger charge is -2.41. The molecule has 1 aromatic carbocycles. The maximum atomic E-state index is 12.3. The summed E-state index contributed by atoms with van der Waals surface area (Å²) in [5, 5.41) is 0.364. The standard InChI is InChI=1S/C12H17ClN2O2S/c1-2-12(6-3-7-12)15-18(16,17)9-4-5-10(13)11(14)8-9/h4-5,8,15H,2-3,6-7,14H2,1H3. The predicted molar refractivity (Wildman–Crippen MR) is 73.1 cm³/mol. The molecule has 2 rings (SSSR count). The third-order valence-corrected chi connectivity index (χ3v) is 5.54. The number of benzene rings is 1. The number of sulfonamides is 1. The van der Waals surface area contributed by atoms with Gasteiger partial charge in [-0.05, 0) is 43.9 Å². The van der Waals surface area contributed by atoms with E-state index < -0.39 is 10.0 Å². The number of nitrogens with two attached hydrogens (primary N) is 1. The van der Waals surface area contributed by atoms with Gasteiger partial charge in [0.1, 0.15) is 0 Å². The first-order valence-electron chi connectivity index (χ1n) is 5.98. The maximum absolute atomic E-state index is 12.3. The highest BCUT2D eigenvalue weighted by molar-refractivity contribution is 7.89. The largest absolute Gasteiger partial charge is 0.397 e. The van der Waals surface area contributed by atoms with Crippen molar-refractivity contribution in [2.45, 2.75) is 43.0 Å². The second-order valence-corrected chi connectivity index (χ2v) is 6.87. The van der Waals surface area contributed by atoms with Gasteiger partial charge in [0.25, 0.3) is 0 Å². The van der Waals surface area contributed by atoms with E-state index >= 15 is 0 Å². The minimum Gasteiger partial charge on any atom is -0.397 e. The van der Waals surface area contributed by atoms with Crippen LogP contribution >= 0.6 is 11.6 Å². The van der Waals surface area contributed by atoms with Crippen molar-refractivity contribution in [3.05, 3.63) is 23.2 Å². The van der Waals surface area contributed by atoms with Crippen LogP contribution in [-0.2, 0) is 10.0 Å². The highest BCUT2D eigenvalue weighted by Crippen LogP contribution is 2.36. The number of hydrogen-bond donors (Lipinski definition) is 2. The fraction of sp³-hybridized carbons (Fsp3) is 0.500. The highest BCUT2D eigenvalue weighted by Gasteiger charge is 2.39. The van der Waals surface area contributed by atoms with E-state index in [0.29, 0.717) is 5.02 Å². The van der Waals surface area contributed by atoms with Crippen LogP contribution in [0.25, 0.3) is 0 Å². The molecule has 1 fully saturated rings. The zero-order chi connectivity index (χ0) is 13.4. The molecule has 0 spiro atoms. The average Bonchev–Trinajstić information content (AvgIpc) is 2.27. The Hall–Kier alpha value is -0.780. The summed E-state index contributed by atoms with van der Waals surface area (Å²) >= 11 is 5.79. The molecule has 1 aliphatic rings. The molecule has 6 heteroatoms. The number of hydrogen-bond acceptors (Lipinski definition) is 3. The van der Waals surface area contributed by atoms with Crippen LogP contribution in [0, 0.1) is 0 Å². The molecule has 0 bridgehead atoms.